The second-order valence-electron chi connectivity index (χ2n) is 4.24. The molecular weight excluding hydrogens is 260 g/mol. The van der Waals surface area contributed by atoms with E-state index >= 15 is 0 Å². The molecule has 0 aliphatic rings. The summed E-state index contributed by atoms with van der Waals surface area (Å²) in [4.78, 5) is 34.5. The van der Waals surface area contributed by atoms with E-state index in [9.17, 15) is 14.4 Å². The first-order chi connectivity index (χ1) is 9.56. The normalized spacial score (nSPS) is 10.2. The minimum Gasteiger partial charge on any atom is -0.383 e. The average Bonchev–Trinajstić information content (AvgIpc) is 2.47. The number of hydrogen-bond acceptors (Lipinski definition) is 4. The molecule has 0 spiro atoms. The molecule has 7 heteroatoms. The van der Waals surface area contributed by atoms with Crippen LogP contribution in [0.4, 0.5) is 11.5 Å². The zero-order valence-electron chi connectivity index (χ0n) is 10.9. The van der Waals surface area contributed by atoms with Gasteiger partial charge in [0.05, 0.1) is 6.54 Å². The lowest BCUT2D eigenvalue weighted by Crippen LogP contribution is -2.40. The minimum atomic E-state index is -0.635. The van der Waals surface area contributed by atoms with Gasteiger partial charge in [0, 0.05) is 7.05 Å². The van der Waals surface area contributed by atoms with Crippen molar-refractivity contribution in [1.29, 1.82) is 0 Å². The molecule has 0 aliphatic heterocycles. The van der Waals surface area contributed by atoms with E-state index in [4.69, 9.17) is 5.73 Å². The van der Waals surface area contributed by atoms with Crippen molar-refractivity contribution in [3.63, 3.8) is 0 Å². The first kappa shape index (κ1) is 13.6. The Kier molecular flexibility index (Phi) is 3.69. The number of nitrogen functional groups attached to an aromatic ring is 1. The molecular formula is C13H14N4O3. The Morgan fingerprint density at radius 2 is 1.90 bits per heavy atom. The third-order valence-electron chi connectivity index (χ3n) is 2.97. The molecule has 2 rings (SSSR count). The molecule has 1 amide bonds. The lowest BCUT2D eigenvalue weighted by molar-refractivity contribution is -0.105. The molecule has 104 valence electrons. The van der Waals surface area contributed by atoms with Crippen molar-refractivity contribution >= 4 is 17.9 Å². The van der Waals surface area contributed by atoms with Crippen LogP contribution in [0.15, 0.2) is 39.9 Å². The molecule has 0 unspecified atom stereocenters. The van der Waals surface area contributed by atoms with Crippen molar-refractivity contribution in [2.75, 3.05) is 11.1 Å². The quantitative estimate of drug-likeness (QED) is 0.751. The summed E-state index contributed by atoms with van der Waals surface area (Å²) in [5, 5.41) is 2.24. The molecule has 0 atom stereocenters. The van der Waals surface area contributed by atoms with Gasteiger partial charge in [-0.15, -0.1) is 0 Å². The summed E-state index contributed by atoms with van der Waals surface area (Å²) in [5.74, 6) is -0.0611. The number of anilines is 2. The SMILES string of the molecule is Cn1c(=O)c(NC=O)c(N)n(Cc2ccccc2)c1=O. The van der Waals surface area contributed by atoms with Crippen LogP contribution in [0.3, 0.4) is 0 Å². The Balaban J connectivity index is 2.61. The van der Waals surface area contributed by atoms with Gasteiger partial charge < -0.3 is 11.1 Å². The molecule has 3 N–H and O–H groups in total. The summed E-state index contributed by atoms with van der Waals surface area (Å²) in [7, 11) is 1.33. The zero-order chi connectivity index (χ0) is 14.7. The summed E-state index contributed by atoms with van der Waals surface area (Å²) in [5.41, 5.74) is 5.41. The number of nitrogens with zero attached hydrogens (tertiary/aromatic N) is 2. The zero-order valence-corrected chi connectivity index (χ0v) is 10.9. The fourth-order valence-corrected chi connectivity index (χ4v) is 1.90. The Hall–Kier alpha value is -2.83. The Bertz CT molecular complexity index is 747. The van der Waals surface area contributed by atoms with Crippen LogP contribution in [0, 0.1) is 0 Å². The molecule has 7 nitrogen and oxygen atoms in total. The lowest BCUT2D eigenvalue weighted by Gasteiger charge is -2.14. The predicted molar refractivity (Wildman–Crippen MR) is 75.6 cm³/mol. The van der Waals surface area contributed by atoms with Gasteiger partial charge in [0.2, 0.25) is 6.41 Å². The molecule has 2 aromatic rings. The Morgan fingerprint density at radius 3 is 2.50 bits per heavy atom. The third kappa shape index (κ3) is 2.33. The number of nitrogens with two attached hydrogens (primary N) is 1. The van der Waals surface area contributed by atoms with E-state index < -0.39 is 11.2 Å². The van der Waals surface area contributed by atoms with Gasteiger partial charge in [-0.3, -0.25) is 18.7 Å². The molecule has 1 aromatic heterocycles. The predicted octanol–water partition coefficient (Wildman–Crippen LogP) is -0.254. The number of rotatable bonds is 4. The number of hydrogen-bond donors (Lipinski definition) is 2. The molecule has 0 aliphatic carbocycles. The van der Waals surface area contributed by atoms with Crippen molar-refractivity contribution in [3.05, 3.63) is 56.7 Å². The minimum absolute atomic E-state index is 0.0611. The number of carbonyl (C=O) groups is 1. The highest BCUT2D eigenvalue weighted by molar-refractivity contribution is 5.77. The number of amides is 1. The van der Waals surface area contributed by atoms with Gasteiger partial charge in [-0.1, -0.05) is 30.3 Å². The lowest BCUT2D eigenvalue weighted by atomic mass is 10.2. The smallest absolute Gasteiger partial charge is 0.332 e. The van der Waals surface area contributed by atoms with Crippen molar-refractivity contribution in [3.8, 4) is 0 Å². The summed E-state index contributed by atoms with van der Waals surface area (Å²) in [6.07, 6.45) is 0.352. The van der Waals surface area contributed by atoms with E-state index in [1.54, 1.807) is 0 Å². The summed E-state index contributed by atoms with van der Waals surface area (Å²) in [6.45, 7) is 0.215. The largest absolute Gasteiger partial charge is 0.383 e. The number of aromatic nitrogens is 2. The summed E-state index contributed by atoms with van der Waals surface area (Å²) >= 11 is 0. The maximum Gasteiger partial charge on any atom is 0.332 e. The molecule has 0 radical (unpaired) electrons. The van der Waals surface area contributed by atoms with Crippen LogP contribution in [0.25, 0.3) is 0 Å². The second kappa shape index (κ2) is 5.43. The van der Waals surface area contributed by atoms with E-state index in [1.165, 1.54) is 11.6 Å². The van der Waals surface area contributed by atoms with Crippen molar-refractivity contribution in [2.24, 2.45) is 7.05 Å². The van der Waals surface area contributed by atoms with E-state index in [0.29, 0.717) is 6.41 Å². The highest BCUT2D eigenvalue weighted by atomic mass is 16.2. The maximum absolute atomic E-state index is 12.1. The van der Waals surface area contributed by atoms with Crippen LogP contribution >= 0.6 is 0 Å². The number of benzene rings is 1. The highest BCUT2D eigenvalue weighted by Gasteiger charge is 2.14. The second-order valence-corrected chi connectivity index (χ2v) is 4.24. The van der Waals surface area contributed by atoms with Gasteiger partial charge in [0.1, 0.15) is 11.5 Å². The van der Waals surface area contributed by atoms with E-state index in [0.717, 1.165) is 10.1 Å². The van der Waals surface area contributed by atoms with E-state index in [1.807, 2.05) is 30.3 Å². The monoisotopic (exact) mass is 274 g/mol. The van der Waals surface area contributed by atoms with Gasteiger partial charge in [-0.2, -0.15) is 0 Å². The van der Waals surface area contributed by atoms with Crippen LogP contribution < -0.4 is 22.3 Å². The van der Waals surface area contributed by atoms with Crippen LogP contribution in [0.1, 0.15) is 5.56 Å². The van der Waals surface area contributed by atoms with Crippen molar-refractivity contribution in [2.45, 2.75) is 6.54 Å². The molecule has 20 heavy (non-hydrogen) atoms. The first-order valence-electron chi connectivity index (χ1n) is 5.89. The van der Waals surface area contributed by atoms with Gasteiger partial charge >= 0.3 is 5.69 Å². The summed E-state index contributed by atoms with van der Waals surface area (Å²) in [6, 6.07) is 9.20. The van der Waals surface area contributed by atoms with Crippen LogP contribution in [0.5, 0.6) is 0 Å². The average molecular weight is 274 g/mol. The molecule has 0 bridgehead atoms. The molecule has 1 aromatic carbocycles. The topological polar surface area (TPSA) is 99.1 Å². The van der Waals surface area contributed by atoms with Gasteiger partial charge in [0.25, 0.3) is 5.56 Å². The van der Waals surface area contributed by atoms with E-state index in [-0.39, 0.29) is 18.1 Å². The Labute approximate surface area is 114 Å². The molecule has 1 heterocycles. The number of nitrogens with one attached hydrogen (secondary N) is 1. The third-order valence-corrected chi connectivity index (χ3v) is 2.97. The van der Waals surface area contributed by atoms with Crippen molar-refractivity contribution in [1.82, 2.24) is 9.13 Å². The maximum atomic E-state index is 12.1. The van der Waals surface area contributed by atoms with Gasteiger partial charge in [-0.05, 0) is 5.56 Å². The first-order valence-corrected chi connectivity index (χ1v) is 5.89. The van der Waals surface area contributed by atoms with Gasteiger partial charge in [-0.25, -0.2) is 4.79 Å². The van der Waals surface area contributed by atoms with Crippen LogP contribution in [0.2, 0.25) is 0 Å². The number of carbonyl (C=O) groups excluding carboxylic acids is 1. The van der Waals surface area contributed by atoms with Crippen LogP contribution in [-0.4, -0.2) is 15.5 Å². The van der Waals surface area contributed by atoms with Crippen molar-refractivity contribution < 1.29 is 4.79 Å². The van der Waals surface area contributed by atoms with Crippen LogP contribution in [-0.2, 0) is 18.4 Å². The molecule has 0 fully saturated rings. The molecule has 0 saturated carbocycles. The molecule has 0 saturated heterocycles. The van der Waals surface area contributed by atoms with Gasteiger partial charge in [0.15, 0.2) is 0 Å². The summed E-state index contributed by atoms with van der Waals surface area (Å²) < 4.78 is 2.15. The highest BCUT2D eigenvalue weighted by Crippen LogP contribution is 2.11. The fraction of sp³-hybridized carbons (Fsp3) is 0.154. The van der Waals surface area contributed by atoms with E-state index in [2.05, 4.69) is 5.32 Å². The standard InChI is InChI=1S/C13H14N4O3/c1-16-12(19)10(15-8-18)11(14)17(13(16)20)7-9-5-3-2-4-6-9/h2-6,8H,7,14H2,1H3,(H,15,18). The Morgan fingerprint density at radius 1 is 1.25 bits per heavy atom. The fourth-order valence-electron chi connectivity index (χ4n) is 1.90.